The van der Waals surface area contributed by atoms with Crippen LogP contribution in [0.1, 0.15) is 67.7 Å². The average molecular weight is 748 g/mol. The number of hydrogen-bond donors (Lipinski definition) is 1. The summed E-state index contributed by atoms with van der Waals surface area (Å²) in [6.07, 6.45) is 4.11. The quantitative estimate of drug-likeness (QED) is 0.171. The maximum absolute atomic E-state index is 14.4. The molecule has 3 aromatic carbocycles. The van der Waals surface area contributed by atoms with E-state index in [-0.39, 0.29) is 17.9 Å². The summed E-state index contributed by atoms with van der Waals surface area (Å²) >= 11 is 0. The molecule has 0 saturated carbocycles. The maximum Gasteiger partial charge on any atom is 0.243 e. The summed E-state index contributed by atoms with van der Waals surface area (Å²) in [5.74, 6) is 2.78. The Hall–Kier alpha value is -4.68. The molecule has 0 radical (unpaired) electrons. The lowest BCUT2D eigenvalue weighted by atomic mass is 9.91. The molecule has 3 aromatic rings. The van der Waals surface area contributed by atoms with Gasteiger partial charge in [-0.15, -0.1) is 0 Å². The Morgan fingerprint density at radius 1 is 0.796 bits per heavy atom. The van der Waals surface area contributed by atoms with Gasteiger partial charge in [-0.1, -0.05) is 25.1 Å². The van der Waals surface area contributed by atoms with Gasteiger partial charge < -0.3 is 43.4 Å². The number of likely N-dealkylation sites (tertiary alicyclic amines) is 1. The van der Waals surface area contributed by atoms with E-state index in [1.807, 2.05) is 61.5 Å². The van der Waals surface area contributed by atoms with Crippen molar-refractivity contribution in [1.29, 1.82) is 0 Å². The Bertz CT molecular complexity index is 1640. The van der Waals surface area contributed by atoms with Crippen LogP contribution in [0, 0.1) is 0 Å². The molecule has 2 aliphatic heterocycles. The van der Waals surface area contributed by atoms with E-state index in [0.717, 1.165) is 68.1 Å². The number of carbonyl (C=O) groups is 2. The fourth-order valence-electron chi connectivity index (χ4n) is 7.37. The average Bonchev–Trinajstić information content (AvgIpc) is 3.22. The molecule has 0 aromatic heterocycles. The molecule has 0 spiro atoms. The Morgan fingerprint density at radius 3 is 2.11 bits per heavy atom. The summed E-state index contributed by atoms with van der Waals surface area (Å²) in [5.41, 5.74) is 2.77. The molecule has 0 bridgehead atoms. The Morgan fingerprint density at radius 2 is 1.48 bits per heavy atom. The van der Waals surface area contributed by atoms with E-state index < -0.39 is 12.0 Å². The summed E-state index contributed by atoms with van der Waals surface area (Å²) in [4.78, 5) is 32.8. The van der Waals surface area contributed by atoms with Gasteiger partial charge in [-0.05, 0) is 91.6 Å². The number of hydrogen-bond acceptors (Lipinski definition) is 10. The van der Waals surface area contributed by atoms with Gasteiger partial charge in [0.15, 0.2) is 23.0 Å². The minimum Gasteiger partial charge on any atom is -0.493 e. The van der Waals surface area contributed by atoms with Gasteiger partial charge in [0.2, 0.25) is 17.6 Å². The topological polar surface area (TPSA) is 117 Å². The summed E-state index contributed by atoms with van der Waals surface area (Å²) in [7, 11) is 7.91. The lowest BCUT2D eigenvalue weighted by molar-refractivity contribution is -0.143. The number of aryl methyl sites for hydroxylation is 1. The van der Waals surface area contributed by atoms with E-state index in [1.54, 1.807) is 40.4 Å². The van der Waals surface area contributed by atoms with Gasteiger partial charge >= 0.3 is 0 Å². The van der Waals surface area contributed by atoms with Crippen LogP contribution in [0.4, 0.5) is 0 Å². The van der Waals surface area contributed by atoms with Gasteiger partial charge in [0, 0.05) is 26.2 Å². The zero-order valence-corrected chi connectivity index (χ0v) is 32.7. The van der Waals surface area contributed by atoms with Crippen molar-refractivity contribution in [2.24, 2.45) is 0 Å². The molecule has 294 valence electrons. The van der Waals surface area contributed by atoms with Crippen LogP contribution in [0.15, 0.2) is 54.6 Å². The molecule has 1 unspecified atom stereocenters. The molecular formula is C42H57N3O9. The van der Waals surface area contributed by atoms with Crippen molar-refractivity contribution in [2.45, 2.75) is 63.5 Å². The van der Waals surface area contributed by atoms with Crippen LogP contribution in [-0.2, 0) is 20.7 Å². The molecule has 12 nitrogen and oxygen atoms in total. The number of nitrogens with one attached hydrogen (secondary N) is 1. The van der Waals surface area contributed by atoms with E-state index in [9.17, 15) is 9.59 Å². The molecule has 0 aliphatic carbocycles. The molecule has 5 rings (SSSR count). The summed E-state index contributed by atoms with van der Waals surface area (Å²) < 4.78 is 39.2. The van der Waals surface area contributed by atoms with Crippen LogP contribution in [0.2, 0.25) is 0 Å². The number of rotatable bonds is 18. The van der Waals surface area contributed by atoms with Crippen molar-refractivity contribution in [3.05, 3.63) is 71.3 Å². The van der Waals surface area contributed by atoms with E-state index in [0.29, 0.717) is 67.6 Å². The van der Waals surface area contributed by atoms with Crippen LogP contribution in [0.25, 0.3) is 0 Å². The Labute approximate surface area is 319 Å². The highest BCUT2D eigenvalue weighted by atomic mass is 16.5. The number of morpholine rings is 1. The summed E-state index contributed by atoms with van der Waals surface area (Å²) in [6.45, 7) is 7.24. The maximum atomic E-state index is 14.4. The van der Waals surface area contributed by atoms with E-state index in [2.05, 4.69) is 10.2 Å². The van der Waals surface area contributed by atoms with Gasteiger partial charge in [-0.3, -0.25) is 14.5 Å². The first kappa shape index (κ1) is 40.5. The third-order valence-electron chi connectivity index (χ3n) is 10.4. The van der Waals surface area contributed by atoms with Gasteiger partial charge in [0.25, 0.3) is 0 Å². The molecule has 2 amide bonds. The molecule has 2 fully saturated rings. The molecule has 2 aliphatic rings. The Balaban J connectivity index is 1.34. The zero-order valence-electron chi connectivity index (χ0n) is 32.7. The molecule has 2 saturated heterocycles. The van der Waals surface area contributed by atoms with Gasteiger partial charge in [-0.25, -0.2) is 0 Å². The van der Waals surface area contributed by atoms with Crippen LogP contribution >= 0.6 is 0 Å². The third-order valence-corrected chi connectivity index (χ3v) is 10.4. The van der Waals surface area contributed by atoms with Crippen molar-refractivity contribution in [2.75, 3.05) is 81.5 Å². The number of methoxy groups -OCH3 is 5. The molecule has 12 heteroatoms. The minimum absolute atomic E-state index is 0.0907. The van der Waals surface area contributed by atoms with Gasteiger partial charge in [0.1, 0.15) is 18.4 Å². The second-order valence-corrected chi connectivity index (χ2v) is 13.6. The van der Waals surface area contributed by atoms with Crippen LogP contribution in [0.3, 0.4) is 0 Å². The molecule has 2 heterocycles. The first-order chi connectivity index (χ1) is 26.3. The smallest absolute Gasteiger partial charge is 0.243 e. The second kappa shape index (κ2) is 20.1. The lowest BCUT2D eigenvalue weighted by Crippen LogP contribution is -2.53. The summed E-state index contributed by atoms with van der Waals surface area (Å²) in [6, 6.07) is 16.6. The zero-order chi connectivity index (χ0) is 38.5. The molecule has 54 heavy (non-hydrogen) atoms. The normalized spacial score (nSPS) is 17.2. The molecule has 1 N–H and O–H groups in total. The largest absolute Gasteiger partial charge is 0.493 e. The van der Waals surface area contributed by atoms with Crippen molar-refractivity contribution < 1.29 is 42.7 Å². The predicted octanol–water partition coefficient (Wildman–Crippen LogP) is 5.81. The van der Waals surface area contributed by atoms with Crippen LogP contribution in [0.5, 0.6) is 34.5 Å². The fraction of sp³-hybridized carbons (Fsp3) is 0.524. The number of ether oxygens (including phenoxy) is 7. The van der Waals surface area contributed by atoms with E-state index in [1.165, 1.54) is 0 Å². The number of benzene rings is 3. The SMILES string of the molecule is CCC(C(=O)N1CCCC[C@H]1C(=O)N[C@H](CCc1ccc(OC)c(OC)c1)c1ccc(OCCN2CCOCC2)cc1)c1cc(OC)c(OC)c(OC)c1. The fourth-order valence-corrected chi connectivity index (χ4v) is 7.37. The standard InChI is InChI=1S/C42H57N3O9/c1-7-33(31-27-38(50-4)40(52-6)39(28-31)51-5)42(47)45-19-9-8-10-35(45)41(46)43-34(17-11-29-12-18-36(48-2)37(26-29)49-3)30-13-15-32(16-14-30)54-25-22-44-20-23-53-24-21-44/h12-16,18,26-28,33-35H,7-11,17,19-25H2,1-6H3,(H,43,46)/t33?,34-,35+/m1/s1. The molecule has 3 atom stereocenters. The van der Waals surface area contributed by atoms with Gasteiger partial charge in [-0.2, -0.15) is 0 Å². The number of nitrogens with zero attached hydrogens (tertiary/aromatic N) is 2. The first-order valence-corrected chi connectivity index (χ1v) is 19.0. The monoisotopic (exact) mass is 747 g/mol. The van der Waals surface area contributed by atoms with E-state index >= 15 is 0 Å². The highest BCUT2D eigenvalue weighted by Gasteiger charge is 2.37. The first-order valence-electron chi connectivity index (χ1n) is 19.0. The summed E-state index contributed by atoms with van der Waals surface area (Å²) in [5, 5.41) is 3.36. The van der Waals surface area contributed by atoms with Crippen molar-refractivity contribution in [3.63, 3.8) is 0 Å². The predicted molar refractivity (Wildman–Crippen MR) is 206 cm³/mol. The highest BCUT2D eigenvalue weighted by Crippen LogP contribution is 2.41. The number of piperidine rings is 1. The second-order valence-electron chi connectivity index (χ2n) is 13.6. The van der Waals surface area contributed by atoms with E-state index in [4.69, 9.17) is 33.2 Å². The van der Waals surface area contributed by atoms with Crippen LogP contribution < -0.4 is 33.7 Å². The third kappa shape index (κ3) is 10.1. The number of carbonyl (C=O) groups excluding carboxylic acids is 2. The van der Waals surface area contributed by atoms with Gasteiger partial charge in [0.05, 0.1) is 60.7 Å². The minimum atomic E-state index is -0.603. The lowest BCUT2D eigenvalue weighted by Gasteiger charge is -2.38. The van der Waals surface area contributed by atoms with Crippen molar-refractivity contribution in [1.82, 2.24) is 15.1 Å². The van der Waals surface area contributed by atoms with Crippen molar-refractivity contribution >= 4 is 11.8 Å². The van der Waals surface area contributed by atoms with Crippen LogP contribution in [-0.4, -0.2) is 109 Å². The van der Waals surface area contributed by atoms with Crippen molar-refractivity contribution in [3.8, 4) is 34.5 Å². The highest BCUT2D eigenvalue weighted by molar-refractivity contribution is 5.91. The molecular weight excluding hydrogens is 690 g/mol. The number of amides is 2. The Kier molecular flexibility index (Phi) is 15.1.